The molecule has 0 unspecified atom stereocenters. The van der Waals surface area contributed by atoms with Crippen molar-refractivity contribution < 1.29 is 9.21 Å². The average molecular weight is 521 g/mol. The number of nitrogens with zero attached hydrogens (tertiary/aromatic N) is 1. The predicted molar refractivity (Wildman–Crippen MR) is 158 cm³/mol. The summed E-state index contributed by atoms with van der Waals surface area (Å²) in [5.74, 6) is 1.25. The fourth-order valence-electron chi connectivity index (χ4n) is 5.62. The SMILES string of the molecule is CC(C)(C)[C@@H]1CCc2c(sc(N=Cc3c4ccccc4cc4ccccc34)c2C(=O)NCc2ccco2)C1. The van der Waals surface area contributed by atoms with Crippen LogP contribution in [0.5, 0.6) is 0 Å². The lowest BCUT2D eigenvalue weighted by Gasteiger charge is -2.33. The van der Waals surface area contributed by atoms with Gasteiger partial charge in [0.05, 0.1) is 18.4 Å². The summed E-state index contributed by atoms with van der Waals surface area (Å²) >= 11 is 1.68. The van der Waals surface area contributed by atoms with Gasteiger partial charge in [0.1, 0.15) is 10.8 Å². The molecule has 1 aliphatic rings. The van der Waals surface area contributed by atoms with Crippen LogP contribution in [0.3, 0.4) is 0 Å². The van der Waals surface area contributed by atoms with Gasteiger partial charge < -0.3 is 9.73 Å². The van der Waals surface area contributed by atoms with Gasteiger partial charge in [-0.3, -0.25) is 4.79 Å². The summed E-state index contributed by atoms with van der Waals surface area (Å²) in [4.78, 5) is 19.9. The molecule has 1 atom stereocenters. The largest absolute Gasteiger partial charge is 0.467 e. The third-order valence-corrected chi connectivity index (χ3v) is 8.99. The highest BCUT2D eigenvalue weighted by Gasteiger charge is 2.33. The fraction of sp³-hybridized carbons (Fsp3) is 0.273. The molecular weight excluding hydrogens is 488 g/mol. The van der Waals surface area contributed by atoms with Crippen molar-refractivity contribution in [1.29, 1.82) is 0 Å². The van der Waals surface area contributed by atoms with E-state index in [0.29, 0.717) is 12.5 Å². The quantitative estimate of drug-likeness (QED) is 0.187. The van der Waals surface area contributed by atoms with Crippen LogP contribution in [0, 0.1) is 11.3 Å². The van der Waals surface area contributed by atoms with E-state index in [1.54, 1.807) is 17.6 Å². The molecule has 1 amide bonds. The van der Waals surface area contributed by atoms with Crippen LogP contribution in [-0.4, -0.2) is 12.1 Å². The molecule has 2 aromatic heterocycles. The molecule has 5 heteroatoms. The van der Waals surface area contributed by atoms with Gasteiger partial charge in [0.15, 0.2) is 0 Å². The molecule has 0 saturated carbocycles. The number of carbonyl (C=O) groups is 1. The molecular formula is C33H32N2O2S. The van der Waals surface area contributed by atoms with Gasteiger partial charge in [-0.25, -0.2) is 4.99 Å². The van der Waals surface area contributed by atoms with Gasteiger partial charge in [0.25, 0.3) is 5.91 Å². The van der Waals surface area contributed by atoms with Gasteiger partial charge in [-0.15, -0.1) is 11.3 Å². The Labute approximate surface area is 227 Å². The zero-order chi connectivity index (χ0) is 26.3. The number of amides is 1. The Bertz CT molecular complexity index is 1600. The number of thiophene rings is 1. The second-order valence-electron chi connectivity index (χ2n) is 11.2. The summed E-state index contributed by atoms with van der Waals surface area (Å²) in [6, 6.07) is 22.8. The predicted octanol–water partition coefficient (Wildman–Crippen LogP) is 8.48. The van der Waals surface area contributed by atoms with E-state index < -0.39 is 0 Å². The highest BCUT2D eigenvalue weighted by Crippen LogP contribution is 2.45. The minimum absolute atomic E-state index is 0.0805. The van der Waals surface area contributed by atoms with Gasteiger partial charge in [0, 0.05) is 16.7 Å². The molecule has 2 heterocycles. The number of furan rings is 1. The molecule has 192 valence electrons. The summed E-state index contributed by atoms with van der Waals surface area (Å²) in [5.41, 5.74) is 3.21. The number of nitrogens with one attached hydrogen (secondary N) is 1. The summed E-state index contributed by atoms with van der Waals surface area (Å²) in [6.45, 7) is 7.31. The zero-order valence-electron chi connectivity index (χ0n) is 22.1. The van der Waals surface area contributed by atoms with Crippen LogP contribution in [0.25, 0.3) is 21.5 Å². The highest BCUT2D eigenvalue weighted by atomic mass is 32.1. The lowest BCUT2D eigenvalue weighted by molar-refractivity contribution is 0.0947. The van der Waals surface area contributed by atoms with Gasteiger partial charge in [-0.2, -0.15) is 0 Å². The average Bonchev–Trinajstić information content (AvgIpc) is 3.56. The minimum atomic E-state index is -0.0805. The maximum atomic E-state index is 13.6. The Morgan fingerprint density at radius 1 is 1.05 bits per heavy atom. The number of hydrogen-bond acceptors (Lipinski definition) is 4. The molecule has 6 rings (SSSR count). The Morgan fingerprint density at radius 3 is 2.42 bits per heavy atom. The van der Waals surface area contributed by atoms with Crippen molar-refractivity contribution in [3.63, 3.8) is 0 Å². The maximum Gasteiger partial charge on any atom is 0.255 e. The molecule has 0 spiro atoms. The molecule has 38 heavy (non-hydrogen) atoms. The van der Waals surface area contributed by atoms with E-state index in [2.05, 4.69) is 80.7 Å². The number of hydrogen-bond donors (Lipinski definition) is 1. The minimum Gasteiger partial charge on any atom is -0.467 e. The summed E-state index contributed by atoms with van der Waals surface area (Å²) in [6.07, 6.45) is 6.58. The summed E-state index contributed by atoms with van der Waals surface area (Å²) in [5, 5.41) is 8.55. The molecule has 5 aromatic rings. The van der Waals surface area contributed by atoms with E-state index in [9.17, 15) is 4.79 Å². The van der Waals surface area contributed by atoms with Gasteiger partial charge in [-0.1, -0.05) is 69.3 Å². The second kappa shape index (κ2) is 9.88. The van der Waals surface area contributed by atoms with E-state index in [4.69, 9.17) is 9.41 Å². The first-order chi connectivity index (χ1) is 18.4. The summed E-state index contributed by atoms with van der Waals surface area (Å²) < 4.78 is 5.44. The maximum absolute atomic E-state index is 13.6. The van der Waals surface area contributed by atoms with Crippen LogP contribution in [0.4, 0.5) is 5.00 Å². The topological polar surface area (TPSA) is 54.6 Å². The van der Waals surface area contributed by atoms with Gasteiger partial charge in [-0.05, 0) is 75.9 Å². The molecule has 3 aromatic carbocycles. The zero-order valence-corrected chi connectivity index (χ0v) is 22.9. The van der Waals surface area contributed by atoms with Crippen LogP contribution in [0.2, 0.25) is 0 Å². The van der Waals surface area contributed by atoms with Crippen LogP contribution in [-0.2, 0) is 19.4 Å². The van der Waals surface area contributed by atoms with Crippen molar-refractivity contribution in [2.24, 2.45) is 16.3 Å². The molecule has 1 aliphatic carbocycles. The van der Waals surface area contributed by atoms with Crippen LogP contribution < -0.4 is 5.32 Å². The van der Waals surface area contributed by atoms with Crippen LogP contribution >= 0.6 is 11.3 Å². The molecule has 0 bridgehead atoms. The first-order valence-corrected chi connectivity index (χ1v) is 14.1. The van der Waals surface area contributed by atoms with Crippen molar-refractivity contribution in [2.75, 3.05) is 0 Å². The van der Waals surface area contributed by atoms with Crippen LogP contribution in [0.15, 0.2) is 82.4 Å². The number of fused-ring (bicyclic) bond motifs is 3. The number of aliphatic imine (C=N–C) groups is 1. The normalized spacial score (nSPS) is 15.8. The summed E-state index contributed by atoms with van der Waals surface area (Å²) in [7, 11) is 0. The second-order valence-corrected chi connectivity index (χ2v) is 12.3. The van der Waals surface area contributed by atoms with Crippen molar-refractivity contribution >= 4 is 50.0 Å². The van der Waals surface area contributed by atoms with Crippen molar-refractivity contribution in [2.45, 2.75) is 46.6 Å². The lowest BCUT2D eigenvalue weighted by atomic mass is 9.72. The van der Waals surface area contributed by atoms with E-state index in [-0.39, 0.29) is 11.3 Å². The Kier molecular flexibility index (Phi) is 6.40. The lowest BCUT2D eigenvalue weighted by Crippen LogP contribution is -2.28. The third-order valence-electron chi connectivity index (χ3n) is 7.83. The van der Waals surface area contributed by atoms with E-state index >= 15 is 0 Å². The first-order valence-electron chi connectivity index (χ1n) is 13.3. The van der Waals surface area contributed by atoms with Crippen molar-refractivity contribution in [1.82, 2.24) is 5.32 Å². The number of rotatable bonds is 5. The van der Waals surface area contributed by atoms with E-state index in [1.807, 2.05) is 18.3 Å². The highest BCUT2D eigenvalue weighted by molar-refractivity contribution is 7.16. The molecule has 0 radical (unpaired) electrons. The number of carbonyl (C=O) groups excluding carboxylic acids is 1. The molecule has 0 aliphatic heterocycles. The van der Waals surface area contributed by atoms with E-state index in [1.165, 1.54) is 21.2 Å². The third kappa shape index (κ3) is 4.67. The molecule has 4 nitrogen and oxygen atoms in total. The van der Waals surface area contributed by atoms with Crippen LogP contribution in [0.1, 0.15) is 59.3 Å². The van der Waals surface area contributed by atoms with Crippen molar-refractivity contribution in [3.05, 3.63) is 100 Å². The smallest absolute Gasteiger partial charge is 0.255 e. The van der Waals surface area contributed by atoms with Crippen molar-refractivity contribution in [3.8, 4) is 0 Å². The van der Waals surface area contributed by atoms with Gasteiger partial charge >= 0.3 is 0 Å². The molecule has 0 saturated heterocycles. The Morgan fingerprint density at radius 2 is 1.76 bits per heavy atom. The fourth-order valence-corrected chi connectivity index (χ4v) is 6.88. The Hall–Kier alpha value is -3.70. The van der Waals surface area contributed by atoms with E-state index in [0.717, 1.165) is 51.9 Å². The number of benzene rings is 3. The molecule has 0 fully saturated rings. The Balaban J connectivity index is 1.43. The molecule has 1 N–H and O–H groups in total. The standard InChI is InChI=1S/C33H32N2O2S/c1-33(2,3)23-14-15-27-29(18-23)38-32(30(27)31(36)34-19-24-11-8-16-37-24)35-20-28-25-12-6-4-9-21(25)17-22-10-5-7-13-26(22)28/h4-13,16-17,20,23H,14-15,18-19H2,1-3H3,(H,34,36)/t23-/m1/s1. The first kappa shape index (κ1) is 24.6. The monoisotopic (exact) mass is 520 g/mol. The van der Waals surface area contributed by atoms with Gasteiger partial charge in [0.2, 0.25) is 0 Å².